The van der Waals surface area contributed by atoms with Gasteiger partial charge >= 0.3 is 0 Å². The van der Waals surface area contributed by atoms with Crippen molar-refractivity contribution in [3.63, 3.8) is 0 Å². The van der Waals surface area contributed by atoms with Crippen molar-refractivity contribution in [3.05, 3.63) is 28.8 Å². The van der Waals surface area contributed by atoms with Crippen LogP contribution in [-0.4, -0.2) is 24.0 Å². The van der Waals surface area contributed by atoms with Crippen LogP contribution in [0.5, 0.6) is 5.75 Å². The summed E-state index contributed by atoms with van der Waals surface area (Å²) in [5, 5.41) is 12.4. The van der Waals surface area contributed by atoms with Gasteiger partial charge < -0.3 is 9.84 Å². The molecule has 0 spiro atoms. The number of nitrogens with one attached hydrogen (secondary N) is 1. The van der Waals surface area contributed by atoms with Gasteiger partial charge in [-0.2, -0.15) is 0 Å². The maximum atomic E-state index is 9.17. The highest BCUT2D eigenvalue weighted by atomic mass is 16.5. The van der Waals surface area contributed by atoms with Crippen LogP contribution in [0.4, 0.5) is 0 Å². The number of hydrogen-bond donors (Lipinski definition) is 2. The number of rotatable bonds is 6. The molecule has 1 unspecified atom stereocenters. The monoisotopic (exact) mass is 251 g/mol. The second-order valence-corrected chi connectivity index (χ2v) is 4.92. The Kier molecular flexibility index (Phi) is 5.63. The average Bonchev–Trinajstić information content (AvgIpc) is 2.32. The predicted molar refractivity (Wildman–Crippen MR) is 75.0 cm³/mol. The fraction of sp³-hybridized carbons (Fsp3) is 0.600. The Morgan fingerprint density at radius 1 is 1.28 bits per heavy atom. The van der Waals surface area contributed by atoms with Crippen molar-refractivity contribution >= 4 is 0 Å². The molecular weight excluding hydrogens is 226 g/mol. The first-order valence-electron chi connectivity index (χ1n) is 6.59. The Morgan fingerprint density at radius 3 is 2.50 bits per heavy atom. The molecule has 1 rings (SSSR count). The lowest BCUT2D eigenvalue weighted by Crippen LogP contribution is -2.41. The van der Waals surface area contributed by atoms with Gasteiger partial charge in [0.05, 0.1) is 6.61 Å². The molecule has 2 N–H and O–H groups in total. The molecule has 1 aromatic carbocycles. The highest BCUT2D eigenvalue weighted by Gasteiger charge is 2.12. The SMILES string of the molecule is CC[C@H](CO)NC(C)Oc1cc(C)cc(C)c1C. The molecule has 3 nitrogen and oxygen atoms in total. The fourth-order valence-electron chi connectivity index (χ4n) is 1.98. The van der Waals surface area contributed by atoms with Crippen LogP contribution in [0, 0.1) is 20.8 Å². The average molecular weight is 251 g/mol. The molecule has 0 bridgehead atoms. The maximum Gasteiger partial charge on any atom is 0.147 e. The van der Waals surface area contributed by atoms with Crippen molar-refractivity contribution in [2.45, 2.75) is 53.3 Å². The molecule has 0 aliphatic rings. The fourth-order valence-corrected chi connectivity index (χ4v) is 1.98. The van der Waals surface area contributed by atoms with E-state index in [1.165, 1.54) is 16.7 Å². The highest BCUT2D eigenvalue weighted by Crippen LogP contribution is 2.24. The minimum atomic E-state index is -0.109. The third kappa shape index (κ3) is 4.00. The molecule has 102 valence electrons. The molecule has 0 fully saturated rings. The number of benzene rings is 1. The minimum Gasteiger partial charge on any atom is -0.475 e. The summed E-state index contributed by atoms with van der Waals surface area (Å²) in [6, 6.07) is 4.30. The van der Waals surface area contributed by atoms with Gasteiger partial charge in [0.25, 0.3) is 0 Å². The zero-order valence-electron chi connectivity index (χ0n) is 12.1. The zero-order valence-corrected chi connectivity index (χ0v) is 12.1. The maximum absolute atomic E-state index is 9.17. The normalized spacial score (nSPS) is 14.3. The summed E-state index contributed by atoms with van der Waals surface area (Å²) in [5.74, 6) is 0.917. The first-order valence-corrected chi connectivity index (χ1v) is 6.59. The van der Waals surface area contributed by atoms with Gasteiger partial charge in [0.1, 0.15) is 12.0 Å². The molecular formula is C15H25NO2. The van der Waals surface area contributed by atoms with Crippen LogP contribution < -0.4 is 10.1 Å². The number of aryl methyl sites for hydroxylation is 2. The van der Waals surface area contributed by atoms with E-state index in [4.69, 9.17) is 9.84 Å². The summed E-state index contributed by atoms with van der Waals surface area (Å²) in [6.07, 6.45) is 0.776. The minimum absolute atomic E-state index is 0.0891. The molecule has 0 heterocycles. The molecule has 0 amide bonds. The van der Waals surface area contributed by atoms with E-state index in [-0.39, 0.29) is 18.9 Å². The van der Waals surface area contributed by atoms with E-state index in [0.717, 1.165) is 12.2 Å². The van der Waals surface area contributed by atoms with Crippen molar-refractivity contribution in [2.75, 3.05) is 6.61 Å². The number of aliphatic hydroxyl groups excluding tert-OH is 1. The smallest absolute Gasteiger partial charge is 0.147 e. The van der Waals surface area contributed by atoms with Crippen LogP contribution in [0.3, 0.4) is 0 Å². The molecule has 0 saturated heterocycles. The van der Waals surface area contributed by atoms with Crippen molar-refractivity contribution in [1.82, 2.24) is 5.32 Å². The molecule has 0 aromatic heterocycles. The van der Waals surface area contributed by atoms with Crippen molar-refractivity contribution in [3.8, 4) is 5.75 Å². The molecule has 0 aliphatic carbocycles. The molecule has 3 heteroatoms. The molecule has 0 aliphatic heterocycles. The summed E-state index contributed by atoms with van der Waals surface area (Å²) < 4.78 is 5.92. The van der Waals surface area contributed by atoms with Gasteiger partial charge in [-0.1, -0.05) is 13.0 Å². The van der Waals surface area contributed by atoms with Crippen LogP contribution in [0.1, 0.15) is 37.0 Å². The Bertz CT molecular complexity index is 386. The molecule has 0 radical (unpaired) electrons. The summed E-state index contributed by atoms with van der Waals surface area (Å²) in [7, 11) is 0. The lowest BCUT2D eigenvalue weighted by molar-refractivity contribution is 0.136. The lowest BCUT2D eigenvalue weighted by Gasteiger charge is -2.23. The highest BCUT2D eigenvalue weighted by molar-refractivity contribution is 5.42. The van der Waals surface area contributed by atoms with E-state index >= 15 is 0 Å². The second-order valence-electron chi connectivity index (χ2n) is 4.92. The van der Waals surface area contributed by atoms with Gasteiger partial charge in [-0.05, 0) is 56.9 Å². The Balaban J connectivity index is 2.72. The Labute approximate surface area is 110 Å². The number of hydrogen-bond acceptors (Lipinski definition) is 3. The summed E-state index contributed by atoms with van der Waals surface area (Å²) >= 11 is 0. The van der Waals surface area contributed by atoms with Crippen LogP contribution in [0.25, 0.3) is 0 Å². The van der Waals surface area contributed by atoms with E-state index in [1.54, 1.807) is 0 Å². The molecule has 18 heavy (non-hydrogen) atoms. The third-order valence-electron chi connectivity index (χ3n) is 3.25. The zero-order chi connectivity index (χ0) is 13.7. The van der Waals surface area contributed by atoms with E-state index in [0.29, 0.717) is 0 Å². The van der Waals surface area contributed by atoms with Crippen molar-refractivity contribution in [1.29, 1.82) is 0 Å². The molecule has 0 saturated carbocycles. The van der Waals surface area contributed by atoms with E-state index in [9.17, 15) is 0 Å². The van der Waals surface area contributed by atoms with Crippen molar-refractivity contribution in [2.24, 2.45) is 0 Å². The summed E-state index contributed by atoms with van der Waals surface area (Å²) in [4.78, 5) is 0. The van der Waals surface area contributed by atoms with Gasteiger partial charge in [0.15, 0.2) is 0 Å². The second kappa shape index (κ2) is 6.76. The first kappa shape index (κ1) is 15.0. The van der Waals surface area contributed by atoms with E-state index in [2.05, 4.69) is 38.2 Å². The summed E-state index contributed by atoms with van der Waals surface area (Å²) in [6.45, 7) is 10.4. The molecule has 1 aromatic rings. The quantitative estimate of drug-likeness (QED) is 0.764. The number of ether oxygens (including phenoxy) is 1. The third-order valence-corrected chi connectivity index (χ3v) is 3.25. The summed E-state index contributed by atoms with van der Waals surface area (Å²) in [5.41, 5.74) is 3.62. The largest absolute Gasteiger partial charge is 0.475 e. The van der Waals surface area contributed by atoms with Crippen LogP contribution in [-0.2, 0) is 0 Å². The lowest BCUT2D eigenvalue weighted by atomic mass is 10.1. The van der Waals surface area contributed by atoms with Crippen LogP contribution in [0.2, 0.25) is 0 Å². The standard InChI is InChI=1S/C15H25NO2/c1-6-14(9-17)16-13(5)18-15-8-10(2)7-11(3)12(15)4/h7-8,13-14,16-17H,6,9H2,1-5H3/t13?,14-/m1/s1. The molecule has 2 atom stereocenters. The van der Waals surface area contributed by atoms with Gasteiger partial charge in [-0.3, -0.25) is 5.32 Å². The van der Waals surface area contributed by atoms with Gasteiger partial charge in [0, 0.05) is 6.04 Å². The Morgan fingerprint density at radius 2 is 1.94 bits per heavy atom. The topological polar surface area (TPSA) is 41.5 Å². The van der Waals surface area contributed by atoms with Gasteiger partial charge in [0.2, 0.25) is 0 Å². The number of aliphatic hydroxyl groups is 1. The van der Waals surface area contributed by atoms with Gasteiger partial charge in [-0.15, -0.1) is 0 Å². The van der Waals surface area contributed by atoms with Crippen LogP contribution in [0.15, 0.2) is 12.1 Å². The Hall–Kier alpha value is -1.06. The van der Waals surface area contributed by atoms with Crippen LogP contribution >= 0.6 is 0 Å². The van der Waals surface area contributed by atoms with E-state index < -0.39 is 0 Å². The van der Waals surface area contributed by atoms with Gasteiger partial charge in [-0.25, -0.2) is 0 Å². The predicted octanol–water partition coefficient (Wildman–Crippen LogP) is 2.70. The van der Waals surface area contributed by atoms with E-state index in [1.807, 2.05) is 13.8 Å². The first-order chi connectivity index (χ1) is 8.47. The van der Waals surface area contributed by atoms with Crippen molar-refractivity contribution < 1.29 is 9.84 Å².